The van der Waals surface area contributed by atoms with Crippen LogP contribution in [0.4, 0.5) is 0 Å². The van der Waals surface area contributed by atoms with Crippen LogP contribution in [0.3, 0.4) is 0 Å². The van der Waals surface area contributed by atoms with Crippen molar-refractivity contribution in [2.45, 2.75) is 90.9 Å². The minimum atomic E-state index is 0.0236. The number of hydrogen-bond donors (Lipinski definition) is 1. The molecule has 23 heavy (non-hydrogen) atoms. The number of nitrogens with zero attached hydrogens (tertiary/aromatic N) is 1. The average molecular weight is 326 g/mol. The van der Waals surface area contributed by atoms with E-state index in [0.29, 0.717) is 4.59 Å². The zero-order chi connectivity index (χ0) is 17.4. The van der Waals surface area contributed by atoms with Crippen molar-refractivity contribution in [2.75, 3.05) is 20.6 Å². The fraction of sp³-hybridized carbons (Fsp3) is 0.850. The maximum Gasteiger partial charge on any atom is 0.288 e. The van der Waals surface area contributed by atoms with Crippen LogP contribution in [0.15, 0.2) is 12.2 Å². The molecular weight excluding hydrogens is 284 g/mol. The van der Waals surface area contributed by atoms with Gasteiger partial charge in [0.15, 0.2) is 0 Å². The van der Waals surface area contributed by atoms with Gasteiger partial charge in [0.05, 0.1) is 14.1 Å². The van der Waals surface area contributed by atoms with Crippen LogP contribution < -0.4 is 5.43 Å². The number of nitrogens with one attached hydrogen (secondary N) is 1. The van der Waals surface area contributed by atoms with Crippen molar-refractivity contribution in [2.24, 2.45) is 0 Å². The molecule has 0 heterocycles. The minimum absolute atomic E-state index is 0.0236. The molecule has 0 aliphatic heterocycles. The third-order valence-corrected chi connectivity index (χ3v) is 4.21. The van der Waals surface area contributed by atoms with Crippen LogP contribution in [-0.4, -0.2) is 31.1 Å². The summed E-state index contributed by atoms with van der Waals surface area (Å²) in [5.74, 6) is 0.0236. The molecule has 0 aliphatic carbocycles. The number of unbranched alkanes of at least 4 members (excludes halogenated alkanes) is 10. The summed E-state index contributed by atoms with van der Waals surface area (Å²) in [5.41, 5.74) is 3.06. The summed E-state index contributed by atoms with van der Waals surface area (Å²) >= 11 is 0. The summed E-state index contributed by atoms with van der Waals surface area (Å²) in [6.07, 6.45) is 19.2. The first kappa shape index (κ1) is 22.2. The van der Waals surface area contributed by atoms with E-state index >= 15 is 0 Å². The van der Waals surface area contributed by atoms with Gasteiger partial charge >= 0.3 is 0 Å². The van der Waals surface area contributed by atoms with E-state index in [4.69, 9.17) is 0 Å². The van der Waals surface area contributed by atoms with Crippen molar-refractivity contribution >= 4 is 5.91 Å². The fourth-order valence-corrected chi connectivity index (χ4v) is 2.74. The van der Waals surface area contributed by atoms with Crippen LogP contribution >= 0.6 is 0 Å². The van der Waals surface area contributed by atoms with E-state index in [9.17, 15) is 4.79 Å². The Bertz CT molecular complexity index is 311. The van der Waals surface area contributed by atoms with Crippen LogP contribution in [0.1, 0.15) is 90.9 Å². The van der Waals surface area contributed by atoms with E-state index in [2.05, 4.69) is 33.4 Å². The van der Waals surface area contributed by atoms with Gasteiger partial charge in [-0.25, -0.2) is 4.59 Å². The Morgan fingerprint density at radius 2 is 1.35 bits per heavy atom. The standard InChI is InChI=1S/C20H40N2O/c1-5-7-9-10-11-12-13-14-15-17-19-22(3,4)21-20(23)18-16-8-6-2/h16,18H,5-15,17,19H2,1-4H3/p+1. The van der Waals surface area contributed by atoms with E-state index in [-0.39, 0.29) is 5.91 Å². The van der Waals surface area contributed by atoms with Crippen molar-refractivity contribution in [1.82, 2.24) is 5.43 Å². The summed E-state index contributed by atoms with van der Waals surface area (Å²) in [5, 5.41) is 0. The van der Waals surface area contributed by atoms with E-state index in [1.54, 1.807) is 6.08 Å². The van der Waals surface area contributed by atoms with Crippen LogP contribution in [0.5, 0.6) is 0 Å². The highest BCUT2D eigenvalue weighted by atomic mass is 16.2. The van der Waals surface area contributed by atoms with Gasteiger partial charge in [0, 0.05) is 6.08 Å². The van der Waals surface area contributed by atoms with Crippen molar-refractivity contribution in [1.29, 1.82) is 0 Å². The minimum Gasteiger partial charge on any atom is -0.265 e. The Labute approximate surface area is 145 Å². The molecule has 0 aliphatic rings. The molecule has 0 bridgehead atoms. The summed E-state index contributed by atoms with van der Waals surface area (Å²) in [4.78, 5) is 11.8. The number of rotatable bonds is 15. The summed E-state index contributed by atoms with van der Waals surface area (Å²) in [6.45, 7) is 5.39. The Morgan fingerprint density at radius 3 is 1.87 bits per heavy atom. The lowest BCUT2D eigenvalue weighted by atomic mass is 10.1. The lowest BCUT2D eigenvalue weighted by molar-refractivity contribution is -0.925. The molecule has 0 spiro atoms. The quantitative estimate of drug-likeness (QED) is 0.186. The van der Waals surface area contributed by atoms with Gasteiger partial charge in [0.25, 0.3) is 5.91 Å². The molecule has 3 heteroatoms. The second-order valence-corrected chi connectivity index (χ2v) is 7.26. The maximum atomic E-state index is 11.8. The first-order chi connectivity index (χ1) is 11.0. The Hall–Kier alpha value is -0.830. The summed E-state index contributed by atoms with van der Waals surface area (Å²) < 4.78 is 0.576. The molecule has 0 aromatic carbocycles. The van der Waals surface area contributed by atoms with Crippen molar-refractivity contribution in [3.05, 3.63) is 12.2 Å². The van der Waals surface area contributed by atoms with Crippen LogP contribution in [0.2, 0.25) is 0 Å². The van der Waals surface area contributed by atoms with Crippen molar-refractivity contribution in [3.63, 3.8) is 0 Å². The van der Waals surface area contributed by atoms with Gasteiger partial charge in [-0.1, -0.05) is 77.7 Å². The molecule has 0 saturated carbocycles. The van der Waals surface area contributed by atoms with Crippen molar-refractivity contribution in [3.8, 4) is 0 Å². The zero-order valence-electron chi connectivity index (χ0n) is 16.2. The lowest BCUT2D eigenvalue weighted by Gasteiger charge is -2.28. The molecule has 3 nitrogen and oxygen atoms in total. The SMILES string of the molecule is CCCC=CC(=O)N[N+](C)(C)CCCCCCCCCCCC. The number of carbonyl (C=O) groups is 1. The molecule has 0 aromatic rings. The smallest absolute Gasteiger partial charge is 0.265 e. The molecule has 0 fully saturated rings. The number of amides is 1. The van der Waals surface area contributed by atoms with E-state index in [1.165, 1.54) is 64.2 Å². The summed E-state index contributed by atoms with van der Waals surface area (Å²) in [7, 11) is 4.14. The van der Waals surface area contributed by atoms with Gasteiger partial charge in [0.2, 0.25) is 0 Å². The van der Waals surface area contributed by atoms with Gasteiger partial charge < -0.3 is 0 Å². The second kappa shape index (κ2) is 14.7. The number of quaternary nitrogens is 1. The van der Waals surface area contributed by atoms with E-state index < -0.39 is 0 Å². The highest BCUT2D eigenvalue weighted by Gasteiger charge is 2.16. The lowest BCUT2D eigenvalue weighted by Crippen LogP contribution is -2.54. The van der Waals surface area contributed by atoms with Crippen LogP contribution in [0, 0.1) is 0 Å². The summed E-state index contributed by atoms with van der Waals surface area (Å²) in [6, 6.07) is 0. The van der Waals surface area contributed by atoms with Gasteiger partial charge in [0.1, 0.15) is 6.54 Å². The third kappa shape index (κ3) is 15.8. The topological polar surface area (TPSA) is 29.1 Å². The van der Waals surface area contributed by atoms with E-state index in [1.807, 2.05) is 6.08 Å². The second-order valence-electron chi connectivity index (χ2n) is 7.26. The number of carbonyl (C=O) groups excluding carboxylic acids is 1. The van der Waals surface area contributed by atoms with Gasteiger partial charge in [-0.3, -0.25) is 4.79 Å². The highest BCUT2D eigenvalue weighted by Crippen LogP contribution is 2.11. The number of allylic oxidation sites excluding steroid dienone is 1. The Kier molecular flexibility index (Phi) is 14.2. The maximum absolute atomic E-state index is 11.8. The largest absolute Gasteiger partial charge is 0.288 e. The predicted octanol–water partition coefficient (Wildman–Crippen LogP) is 5.37. The molecule has 0 atom stereocenters. The monoisotopic (exact) mass is 325 g/mol. The molecule has 0 saturated heterocycles. The molecule has 0 aromatic heterocycles. The highest BCUT2D eigenvalue weighted by molar-refractivity contribution is 5.86. The molecule has 1 N–H and O–H groups in total. The predicted molar refractivity (Wildman–Crippen MR) is 101 cm³/mol. The Balaban J connectivity index is 3.56. The van der Waals surface area contributed by atoms with E-state index in [0.717, 1.165) is 19.4 Å². The van der Waals surface area contributed by atoms with Crippen molar-refractivity contribution < 1.29 is 9.39 Å². The first-order valence-corrected chi connectivity index (χ1v) is 9.83. The third-order valence-electron chi connectivity index (χ3n) is 4.21. The molecule has 0 radical (unpaired) electrons. The Morgan fingerprint density at radius 1 is 0.826 bits per heavy atom. The average Bonchev–Trinajstić information content (AvgIpc) is 2.49. The number of hydrogen-bond acceptors (Lipinski definition) is 1. The molecule has 0 rings (SSSR count). The van der Waals surface area contributed by atoms with Crippen LogP contribution in [0.25, 0.3) is 0 Å². The van der Waals surface area contributed by atoms with Crippen LogP contribution in [-0.2, 0) is 4.79 Å². The molecule has 136 valence electrons. The molecular formula is C20H41N2O+. The zero-order valence-corrected chi connectivity index (χ0v) is 16.2. The molecule has 0 unspecified atom stereocenters. The fourth-order valence-electron chi connectivity index (χ4n) is 2.74. The van der Waals surface area contributed by atoms with Gasteiger partial charge in [-0.15, -0.1) is 0 Å². The molecule has 1 amide bonds. The van der Waals surface area contributed by atoms with Gasteiger partial charge in [-0.05, 0) is 19.3 Å². The first-order valence-electron chi connectivity index (χ1n) is 9.83. The normalized spacial score (nSPS) is 12.0. The van der Waals surface area contributed by atoms with Gasteiger partial charge in [-0.2, -0.15) is 5.43 Å².